The number of carbonyl (C=O) groups excluding carboxylic acids is 1. The number of para-hydroxylation sites is 1. The number of hydrogen-bond acceptors (Lipinski definition) is 3. The van der Waals surface area contributed by atoms with E-state index in [-0.39, 0.29) is 5.91 Å². The maximum atomic E-state index is 12.4. The van der Waals surface area contributed by atoms with Gasteiger partial charge in [-0.25, -0.2) is 0 Å². The van der Waals surface area contributed by atoms with Crippen molar-refractivity contribution in [1.29, 1.82) is 0 Å². The lowest BCUT2D eigenvalue weighted by molar-refractivity contribution is 0.0950. The van der Waals surface area contributed by atoms with Crippen molar-refractivity contribution in [3.8, 4) is 0 Å². The van der Waals surface area contributed by atoms with Crippen LogP contribution in [0.3, 0.4) is 0 Å². The second-order valence-electron chi connectivity index (χ2n) is 6.07. The van der Waals surface area contributed by atoms with Crippen LogP contribution in [0.5, 0.6) is 0 Å². The van der Waals surface area contributed by atoms with E-state index in [4.69, 9.17) is 0 Å². The molecule has 26 heavy (non-hydrogen) atoms. The quantitative estimate of drug-likeness (QED) is 0.675. The number of amides is 1. The summed E-state index contributed by atoms with van der Waals surface area (Å²) in [6, 6.07) is 21.7. The summed E-state index contributed by atoms with van der Waals surface area (Å²) in [4.78, 5) is 16.6. The number of nitrogens with one attached hydrogen (secondary N) is 2. The number of nitrogens with zero attached hydrogens (tertiary/aromatic N) is 1. The monoisotopic (exact) mass is 345 g/mol. The van der Waals surface area contributed by atoms with E-state index in [9.17, 15) is 4.79 Å². The third-order valence-electron chi connectivity index (χ3n) is 4.23. The third-order valence-corrected chi connectivity index (χ3v) is 4.23. The summed E-state index contributed by atoms with van der Waals surface area (Å²) in [5.41, 5.74) is 5.00. The second kappa shape index (κ2) is 8.81. The Morgan fingerprint density at radius 1 is 0.962 bits per heavy atom. The summed E-state index contributed by atoms with van der Waals surface area (Å²) in [5.74, 6) is -0.0912. The van der Waals surface area contributed by atoms with Crippen LogP contribution in [0.2, 0.25) is 0 Å². The molecule has 0 aliphatic rings. The van der Waals surface area contributed by atoms with Gasteiger partial charge in [0.1, 0.15) is 0 Å². The number of anilines is 1. The predicted molar refractivity (Wildman–Crippen MR) is 105 cm³/mol. The number of carbonyl (C=O) groups is 1. The van der Waals surface area contributed by atoms with Gasteiger partial charge in [-0.3, -0.25) is 9.78 Å². The van der Waals surface area contributed by atoms with Crippen molar-refractivity contribution in [3.63, 3.8) is 0 Å². The molecule has 0 saturated heterocycles. The topological polar surface area (TPSA) is 54.0 Å². The lowest BCUT2D eigenvalue weighted by Crippen LogP contribution is -2.23. The Balaban J connectivity index is 1.61. The van der Waals surface area contributed by atoms with Gasteiger partial charge >= 0.3 is 0 Å². The highest BCUT2D eigenvalue weighted by molar-refractivity contribution is 5.94. The van der Waals surface area contributed by atoms with Crippen LogP contribution in [-0.4, -0.2) is 10.9 Å². The van der Waals surface area contributed by atoms with Crippen LogP contribution in [0.15, 0.2) is 72.9 Å². The van der Waals surface area contributed by atoms with Crippen molar-refractivity contribution < 1.29 is 4.79 Å². The van der Waals surface area contributed by atoms with Crippen LogP contribution in [0.1, 0.15) is 34.1 Å². The zero-order valence-electron chi connectivity index (χ0n) is 14.9. The number of aromatic nitrogens is 1. The highest BCUT2D eigenvalue weighted by Crippen LogP contribution is 2.17. The van der Waals surface area contributed by atoms with Crippen molar-refractivity contribution in [2.45, 2.75) is 26.4 Å². The van der Waals surface area contributed by atoms with Gasteiger partial charge in [0, 0.05) is 24.0 Å². The standard InChI is InChI=1S/C22H23N3O/c1-2-18-9-3-4-12-21(18)24-15-17-8-7-10-19(14-17)22(26)25-16-20-11-5-6-13-23-20/h3-14,24H,2,15-16H2,1H3,(H,25,26). The molecule has 4 heteroatoms. The van der Waals surface area contributed by atoms with E-state index in [1.807, 2.05) is 48.5 Å². The molecule has 0 fully saturated rings. The van der Waals surface area contributed by atoms with Gasteiger partial charge in [-0.05, 0) is 47.9 Å². The normalized spacial score (nSPS) is 10.3. The first-order chi connectivity index (χ1) is 12.8. The van der Waals surface area contributed by atoms with Crippen LogP contribution in [0.4, 0.5) is 5.69 Å². The molecule has 0 bridgehead atoms. The summed E-state index contributed by atoms with van der Waals surface area (Å²) < 4.78 is 0. The average Bonchev–Trinajstić information content (AvgIpc) is 2.71. The average molecular weight is 345 g/mol. The van der Waals surface area contributed by atoms with E-state index in [0.717, 1.165) is 23.4 Å². The van der Waals surface area contributed by atoms with E-state index in [1.54, 1.807) is 6.20 Å². The molecule has 0 saturated carbocycles. The van der Waals surface area contributed by atoms with Gasteiger partial charge in [0.05, 0.1) is 12.2 Å². The van der Waals surface area contributed by atoms with Crippen LogP contribution in [-0.2, 0) is 19.5 Å². The summed E-state index contributed by atoms with van der Waals surface area (Å²) in [7, 11) is 0. The fraction of sp³-hybridized carbons (Fsp3) is 0.182. The Labute approximate surface area is 154 Å². The SMILES string of the molecule is CCc1ccccc1NCc1cccc(C(=O)NCc2ccccn2)c1. The Morgan fingerprint density at radius 3 is 2.62 bits per heavy atom. The minimum Gasteiger partial charge on any atom is -0.381 e. The minimum absolute atomic E-state index is 0.0912. The first-order valence-electron chi connectivity index (χ1n) is 8.85. The molecule has 1 heterocycles. The molecular formula is C22H23N3O. The fourth-order valence-electron chi connectivity index (χ4n) is 2.80. The Morgan fingerprint density at radius 2 is 1.81 bits per heavy atom. The lowest BCUT2D eigenvalue weighted by Gasteiger charge is -2.12. The molecule has 2 aromatic carbocycles. The summed E-state index contributed by atoms with van der Waals surface area (Å²) in [6.45, 7) is 3.25. The number of hydrogen-bond donors (Lipinski definition) is 2. The van der Waals surface area contributed by atoms with E-state index < -0.39 is 0 Å². The van der Waals surface area contributed by atoms with Crippen molar-refractivity contribution >= 4 is 11.6 Å². The molecular weight excluding hydrogens is 322 g/mol. The molecule has 0 radical (unpaired) electrons. The first-order valence-corrected chi connectivity index (χ1v) is 8.85. The van der Waals surface area contributed by atoms with Crippen LogP contribution in [0, 0.1) is 0 Å². The predicted octanol–water partition coefficient (Wildman–Crippen LogP) is 4.19. The molecule has 0 aliphatic heterocycles. The molecule has 2 N–H and O–H groups in total. The summed E-state index contributed by atoms with van der Waals surface area (Å²) in [5, 5.41) is 6.38. The van der Waals surface area contributed by atoms with Crippen molar-refractivity contribution in [3.05, 3.63) is 95.3 Å². The largest absolute Gasteiger partial charge is 0.381 e. The molecule has 0 spiro atoms. The lowest BCUT2D eigenvalue weighted by atomic mass is 10.1. The van der Waals surface area contributed by atoms with Gasteiger partial charge in [0.15, 0.2) is 0 Å². The van der Waals surface area contributed by atoms with Gasteiger partial charge in [0.2, 0.25) is 0 Å². The first kappa shape index (κ1) is 17.7. The summed E-state index contributed by atoms with van der Waals surface area (Å²) >= 11 is 0. The van der Waals surface area contributed by atoms with Crippen molar-refractivity contribution in [2.75, 3.05) is 5.32 Å². The molecule has 132 valence electrons. The molecule has 3 rings (SSSR count). The molecule has 3 aromatic rings. The zero-order valence-corrected chi connectivity index (χ0v) is 14.9. The number of aryl methyl sites for hydroxylation is 1. The van der Waals surface area contributed by atoms with Gasteiger partial charge in [-0.1, -0.05) is 43.3 Å². The molecule has 0 unspecified atom stereocenters. The maximum Gasteiger partial charge on any atom is 0.251 e. The molecule has 0 atom stereocenters. The fourth-order valence-corrected chi connectivity index (χ4v) is 2.80. The highest BCUT2D eigenvalue weighted by Gasteiger charge is 2.07. The van der Waals surface area contributed by atoms with Gasteiger partial charge < -0.3 is 10.6 Å². The minimum atomic E-state index is -0.0912. The van der Waals surface area contributed by atoms with Gasteiger partial charge in [-0.15, -0.1) is 0 Å². The van der Waals surface area contributed by atoms with E-state index in [1.165, 1.54) is 5.56 Å². The van der Waals surface area contributed by atoms with E-state index >= 15 is 0 Å². The Kier molecular flexibility index (Phi) is 5.99. The third kappa shape index (κ3) is 4.70. The smallest absolute Gasteiger partial charge is 0.251 e. The van der Waals surface area contributed by atoms with Gasteiger partial charge in [0.25, 0.3) is 5.91 Å². The van der Waals surface area contributed by atoms with Crippen LogP contribution < -0.4 is 10.6 Å². The molecule has 4 nitrogen and oxygen atoms in total. The molecule has 1 amide bonds. The van der Waals surface area contributed by atoms with Crippen molar-refractivity contribution in [1.82, 2.24) is 10.3 Å². The number of rotatable bonds is 7. The highest BCUT2D eigenvalue weighted by atomic mass is 16.1. The van der Waals surface area contributed by atoms with Crippen molar-refractivity contribution in [2.24, 2.45) is 0 Å². The summed E-state index contributed by atoms with van der Waals surface area (Å²) in [6.07, 6.45) is 2.71. The van der Waals surface area contributed by atoms with E-state index in [0.29, 0.717) is 18.7 Å². The second-order valence-corrected chi connectivity index (χ2v) is 6.07. The van der Waals surface area contributed by atoms with Gasteiger partial charge in [-0.2, -0.15) is 0 Å². The zero-order chi connectivity index (χ0) is 18.2. The molecule has 0 aliphatic carbocycles. The Hall–Kier alpha value is -3.14. The molecule has 1 aromatic heterocycles. The Bertz CT molecular complexity index is 862. The maximum absolute atomic E-state index is 12.4. The van der Waals surface area contributed by atoms with Crippen LogP contribution >= 0.6 is 0 Å². The van der Waals surface area contributed by atoms with E-state index in [2.05, 4.69) is 40.7 Å². The van der Waals surface area contributed by atoms with Crippen LogP contribution in [0.25, 0.3) is 0 Å². The number of pyridine rings is 1. The number of benzene rings is 2.